The highest BCUT2D eigenvalue weighted by molar-refractivity contribution is 5.35. The summed E-state index contributed by atoms with van der Waals surface area (Å²) in [5, 5.41) is 12.5. The van der Waals surface area contributed by atoms with Gasteiger partial charge < -0.3 is 15.3 Å². The van der Waals surface area contributed by atoms with E-state index in [1.165, 1.54) is 0 Å². The van der Waals surface area contributed by atoms with E-state index in [9.17, 15) is 5.11 Å². The van der Waals surface area contributed by atoms with Crippen LogP contribution in [0.5, 0.6) is 0 Å². The molecule has 1 aromatic rings. The first-order valence-corrected chi connectivity index (χ1v) is 6.68. The maximum atomic E-state index is 9.26. The zero-order valence-electron chi connectivity index (χ0n) is 11.7. The van der Waals surface area contributed by atoms with Gasteiger partial charge in [0.1, 0.15) is 5.82 Å². The molecule has 4 heteroatoms. The van der Waals surface area contributed by atoms with E-state index in [0.29, 0.717) is 0 Å². The van der Waals surface area contributed by atoms with Crippen LogP contribution in [0.4, 0.5) is 5.82 Å². The fourth-order valence-electron chi connectivity index (χ4n) is 1.68. The van der Waals surface area contributed by atoms with Crippen molar-refractivity contribution in [3.8, 4) is 0 Å². The number of anilines is 1. The predicted molar refractivity (Wildman–Crippen MR) is 75.6 cm³/mol. The number of nitrogens with one attached hydrogen (secondary N) is 1. The van der Waals surface area contributed by atoms with Gasteiger partial charge in [0.2, 0.25) is 0 Å². The number of aromatic nitrogens is 1. The van der Waals surface area contributed by atoms with Gasteiger partial charge in [0, 0.05) is 19.6 Å². The van der Waals surface area contributed by atoms with Crippen molar-refractivity contribution in [1.82, 2.24) is 9.88 Å². The molecule has 0 saturated carbocycles. The first-order chi connectivity index (χ1) is 8.61. The second kappa shape index (κ2) is 8.06. The zero-order valence-corrected chi connectivity index (χ0v) is 11.7. The molecule has 0 saturated heterocycles. The summed E-state index contributed by atoms with van der Waals surface area (Å²) < 4.78 is 0. The Bertz CT molecular complexity index is 342. The molecule has 0 amide bonds. The van der Waals surface area contributed by atoms with Crippen LogP contribution >= 0.6 is 0 Å². The van der Waals surface area contributed by atoms with E-state index in [1.807, 2.05) is 25.1 Å². The summed E-state index contributed by atoms with van der Waals surface area (Å²) >= 11 is 0. The third-order valence-electron chi connectivity index (χ3n) is 2.72. The molecule has 102 valence electrons. The van der Waals surface area contributed by atoms with Crippen LogP contribution in [0.3, 0.4) is 0 Å². The van der Waals surface area contributed by atoms with Gasteiger partial charge in [-0.25, -0.2) is 4.98 Å². The highest BCUT2D eigenvalue weighted by Crippen LogP contribution is 2.07. The standard InChI is InChI=1S/C14H25N3O/c1-4-9-15-14-7-5-6-13(16-14)11-17(3)10-8-12(2)18/h5-7,12,18H,4,8-11H2,1-3H3,(H,15,16). The summed E-state index contributed by atoms with van der Waals surface area (Å²) in [4.78, 5) is 6.74. The molecular formula is C14H25N3O. The number of aliphatic hydroxyl groups is 1. The fourth-order valence-corrected chi connectivity index (χ4v) is 1.68. The Balaban J connectivity index is 2.45. The van der Waals surface area contributed by atoms with E-state index < -0.39 is 0 Å². The molecule has 0 aliphatic carbocycles. The lowest BCUT2D eigenvalue weighted by atomic mass is 10.2. The lowest BCUT2D eigenvalue weighted by Crippen LogP contribution is -2.22. The molecule has 4 nitrogen and oxygen atoms in total. The molecule has 1 unspecified atom stereocenters. The lowest BCUT2D eigenvalue weighted by molar-refractivity contribution is 0.162. The molecule has 0 bridgehead atoms. The first-order valence-electron chi connectivity index (χ1n) is 6.68. The number of nitrogens with zero attached hydrogens (tertiary/aromatic N) is 2. The van der Waals surface area contributed by atoms with E-state index in [4.69, 9.17) is 0 Å². The number of hydrogen-bond acceptors (Lipinski definition) is 4. The maximum Gasteiger partial charge on any atom is 0.126 e. The Labute approximate surface area is 110 Å². The van der Waals surface area contributed by atoms with Crippen LogP contribution in [0.2, 0.25) is 0 Å². The minimum absolute atomic E-state index is 0.238. The minimum atomic E-state index is -0.238. The number of rotatable bonds is 8. The summed E-state index contributed by atoms with van der Waals surface area (Å²) in [5.41, 5.74) is 1.06. The average Bonchev–Trinajstić information content (AvgIpc) is 2.34. The lowest BCUT2D eigenvalue weighted by Gasteiger charge is -2.17. The Hall–Kier alpha value is -1.13. The Morgan fingerprint density at radius 2 is 2.22 bits per heavy atom. The molecule has 0 aliphatic heterocycles. The van der Waals surface area contributed by atoms with Crippen LogP contribution in [0.1, 0.15) is 32.4 Å². The van der Waals surface area contributed by atoms with E-state index in [2.05, 4.69) is 29.2 Å². The largest absolute Gasteiger partial charge is 0.393 e. The minimum Gasteiger partial charge on any atom is -0.393 e. The smallest absolute Gasteiger partial charge is 0.126 e. The molecule has 0 fully saturated rings. The third kappa shape index (κ3) is 5.98. The predicted octanol–water partition coefficient (Wildman–Crippen LogP) is 2.11. The summed E-state index contributed by atoms with van der Waals surface area (Å²) in [6, 6.07) is 6.06. The average molecular weight is 251 g/mol. The van der Waals surface area contributed by atoms with Gasteiger partial charge in [-0.15, -0.1) is 0 Å². The highest BCUT2D eigenvalue weighted by Gasteiger charge is 2.04. The molecule has 18 heavy (non-hydrogen) atoms. The van der Waals surface area contributed by atoms with Crippen molar-refractivity contribution in [2.45, 2.75) is 39.3 Å². The van der Waals surface area contributed by atoms with Crippen molar-refractivity contribution in [2.75, 3.05) is 25.5 Å². The van der Waals surface area contributed by atoms with Crippen molar-refractivity contribution in [1.29, 1.82) is 0 Å². The van der Waals surface area contributed by atoms with Gasteiger partial charge in [-0.3, -0.25) is 0 Å². The van der Waals surface area contributed by atoms with Gasteiger partial charge in [0.05, 0.1) is 11.8 Å². The van der Waals surface area contributed by atoms with Crippen LogP contribution in [-0.4, -0.2) is 41.2 Å². The molecule has 0 radical (unpaired) electrons. The van der Waals surface area contributed by atoms with Crippen molar-refractivity contribution >= 4 is 5.82 Å². The first kappa shape index (κ1) is 14.9. The molecule has 1 heterocycles. The van der Waals surface area contributed by atoms with E-state index in [0.717, 1.165) is 44.0 Å². The van der Waals surface area contributed by atoms with Crippen molar-refractivity contribution in [3.05, 3.63) is 23.9 Å². The second-order valence-corrected chi connectivity index (χ2v) is 4.82. The summed E-state index contributed by atoms with van der Waals surface area (Å²) in [7, 11) is 2.05. The molecule has 1 rings (SSSR count). The molecule has 0 aromatic carbocycles. The quantitative estimate of drug-likeness (QED) is 0.743. The molecule has 0 spiro atoms. The summed E-state index contributed by atoms with van der Waals surface area (Å²) in [5.74, 6) is 0.943. The zero-order chi connectivity index (χ0) is 13.4. The molecule has 2 N–H and O–H groups in total. The molecule has 0 aliphatic rings. The molecule has 1 aromatic heterocycles. The SMILES string of the molecule is CCCNc1cccc(CN(C)CCC(C)O)n1. The highest BCUT2D eigenvalue weighted by atomic mass is 16.3. The second-order valence-electron chi connectivity index (χ2n) is 4.82. The van der Waals surface area contributed by atoms with Crippen LogP contribution < -0.4 is 5.32 Å². The van der Waals surface area contributed by atoms with Crippen LogP contribution in [0.25, 0.3) is 0 Å². The Morgan fingerprint density at radius 1 is 1.44 bits per heavy atom. The topological polar surface area (TPSA) is 48.4 Å². The van der Waals surface area contributed by atoms with Crippen LogP contribution in [-0.2, 0) is 6.54 Å². The van der Waals surface area contributed by atoms with E-state index in [1.54, 1.807) is 0 Å². The fraction of sp³-hybridized carbons (Fsp3) is 0.643. The van der Waals surface area contributed by atoms with Gasteiger partial charge >= 0.3 is 0 Å². The number of aliphatic hydroxyl groups excluding tert-OH is 1. The van der Waals surface area contributed by atoms with Gasteiger partial charge in [0.25, 0.3) is 0 Å². The summed E-state index contributed by atoms with van der Waals surface area (Å²) in [6.45, 7) is 6.61. The third-order valence-corrected chi connectivity index (χ3v) is 2.72. The van der Waals surface area contributed by atoms with Crippen molar-refractivity contribution < 1.29 is 5.11 Å². The van der Waals surface area contributed by atoms with Crippen LogP contribution in [0, 0.1) is 0 Å². The van der Waals surface area contributed by atoms with Crippen molar-refractivity contribution in [3.63, 3.8) is 0 Å². The number of pyridine rings is 1. The maximum absolute atomic E-state index is 9.26. The van der Waals surface area contributed by atoms with Gasteiger partial charge in [-0.2, -0.15) is 0 Å². The monoisotopic (exact) mass is 251 g/mol. The van der Waals surface area contributed by atoms with E-state index >= 15 is 0 Å². The van der Waals surface area contributed by atoms with Gasteiger partial charge in [-0.05, 0) is 38.9 Å². The van der Waals surface area contributed by atoms with E-state index in [-0.39, 0.29) is 6.10 Å². The van der Waals surface area contributed by atoms with Gasteiger partial charge in [0.15, 0.2) is 0 Å². The Kier molecular flexibility index (Phi) is 6.68. The van der Waals surface area contributed by atoms with Crippen molar-refractivity contribution in [2.24, 2.45) is 0 Å². The molecular weight excluding hydrogens is 226 g/mol. The van der Waals surface area contributed by atoms with Gasteiger partial charge in [-0.1, -0.05) is 13.0 Å². The normalized spacial score (nSPS) is 12.7. The summed E-state index contributed by atoms with van der Waals surface area (Å²) in [6.07, 6.45) is 1.66. The van der Waals surface area contributed by atoms with Crippen LogP contribution in [0.15, 0.2) is 18.2 Å². The number of hydrogen-bond donors (Lipinski definition) is 2. The Morgan fingerprint density at radius 3 is 2.89 bits per heavy atom. The molecule has 1 atom stereocenters.